The fourth-order valence-electron chi connectivity index (χ4n) is 2.27. The maximum absolute atomic E-state index is 12.4. The van der Waals surface area contributed by atoms with E-state index in [0.29, 0.717) is 5.57 Å². The van der Waals surface area contributed by atoms with Gasteiger partial charge in [0, 0.05) is 12.6 Å². The second-order valence-corrected chi connectivity index (χ2v) is 4.78. The highest BCUT2D eigenvalue weighted by Gasteiger charge is 2.43. The van der Waals surface area contributed by atoms with Crippen molar-refractivity contribution in [2.75, 3.05) is 0 Å². The number of nitrogens with zero attached hydrogens (tertiary/aromatic N) is 2. The summed E-state index contributed by atoms with van der Waals surface area (Å²) in [4.78, 5) is 52.3. The number of carbonyl (C=O) groups excluding carboxylic acids is 4. The molecule has 0 aromatic heterocycles. The SMILES string of the molecule is C=C1CC(=O)N(C2CCC(=O)NC2=O)C(=O)C1=N/C=C\C. The molecule has 0 spiro atoms. The highest BCUT2D eigenvalue weighted by molar-refractivity contribution is 6.49. The number of likely N-dealkylation sites (tertiary alicyclic amines) is 1. The lowest BCUT2D eigenvalue weighted by Gasteiger charge is -2.34. The largest absolute Gasteiger partial charge is 0.295 e. The van der Waals surface area contributed by atoms with E-state index >= 15 is 0 Å². The Kier molecular flexibility index (Phi) is 4.11. The number of hydrogen-bond acceptors (Lipinski definition) is 5. The molecule has 1 unspecified atom stereocenters. The van der Waals surface area contributed by atoms with Crippen molar-refractivity contribution in [3.8, 4) is 0 Å². The van der Waals surface area contributed by atoms with Gasteiger partial charge in [-0.1, -0.05) is 12.7 Å². The predicted octanol–water partition coefficient (Wildman–Crippen LogP) is 0.0813. The van der Waals surface area contributed by atoms with Crippen LogP contribution in [0.5, 0.6) is 0 Å². The molecule has 0 aromatic carbocycles. The Balaban J connectivity index is 2.32. The summed E-state index contributed by atoms with van der Waals surface area (Å²) in [6.45, 7) is 5.41. The zero-order chi connectivity index (χ0) is 15.6. The first-order chi connectivity index (χ1) is 9.95. The second-order valence-electron chi connectivity index (χ2n) is 4.78. The highest BCUT2D eigenvalue weighted by atomic mass is 16.2. The molecular weight excluding hydrogens is 274 g/mol. The molecule has 7 nitrogen and oxygen atoms in total. The fraction of sp³-hybridized carbons (Fsp3) is 0.357. The number of piperidine rings is 2. The Hall–Kier alpha value is -2.57. The van der Waals surface area contributed by atoms with Gasteiger partial charge < -0.3 is 0 Å². The first kappa shape index (κ1) is 14.8. The van der Waals surface area contributed by atoms with Crippen LogP contribution in [0.15, 0.2) is 29.4 Å². The third kappa shape index (κ3) is 2.81. The molecule has 1 N–H and O–H groups in total. The van der Waals surface area contributed by atoms with Crippen LogP contribution in [0, 0.1) is 0 Å². The van der Waals surface area contributed by atoms with E-state index in [1.54, 1.807) is 13.0 Å². The third-order valence-corrected chi connectivity index (χ3v) is 3.26. The summed E-state index contributed by atoms with van der Waals surface area (Å²) in [7, 11) is 0. The molecule has 0 aliphatic carbocycles. The van der Waals surface area contributed by atoms with E-state index in [-0.39, 0.29) is 25.0 Å². The van der Waals surface area contributed by atoms with Gasteiger partial charge in [-0.2, -0.15) is 0 Å². The van der Waals surface area contributed by atoms with Crippen molar-refractivity contribution in [2.45, 2.75) is 32.2 Å². The number of nitrogens with one attached hydrogen (secondary N) is 1. The van der Waals surface area contributed by atoms with Gasteiger partial charge in [0.1, 0.15) is 11.8 Å². The average Bonchev–Trinajstić information content (AvgIpc) is 2.40. The molecule has 0 bridgehead atoms. The normalized spacial score (nSPS) is 26.0. The van der Waals surface area contributed by atoms with Gasteiger partial charge in [-0.25, -0.2) is 0 Å². The summed E-state index contributed by atoms with van der Waals surface area (Å²) < 4.78 is 0. The molecule has 21 heavy (non-hydrogen) atoms. The molecule has 2 heterocycles. The van der Waals surface area contributed by atoms with Crippen molar-refractivity contribution < 1.29 is 19.2 Å². The van der Waals surface area contributed by atoms with Crippen molar-refractivity contribution >= 4 is 29.3 Å². The Labute approximate surface area is 121 Å². The van der Waals surface area contributed by atoms with Crippen LogP contribution in [0.4, 0.5) is 0 Å². The van der Waals surface area contributed by atoms with Gasteiger partial charge in [-0.15, -0.1) is 0 Å². The zero-order valence-electron chi connectivity index (χ0n) is 11.6. The lowest BCUT2D eigenvalue weighted by atomic mass is 9.96. The molecule has 1 atom stereocenters. The molecule has 0 saturated carbocycles. The van der Waals surface area contributed by atoms with E-state index in [0.717, 1.165) is 4.90 Å². The van der Waals surface area contributed by atoms with Crippen LogP contribution in [0.25, 0.3) is 0 Å². The molecular formula is C14H15N3O4. The first-order valence-electron chi connectivity index (χ1n) is 6.53. The molecule has 2 aliphatic rings. The maximum atomic E-state index is 12.4. The van der Waals surface area contributed by atoms with Crippen molar-refractivity contribution in [3.63, 3.8) is 0 Å². The average molecular weight is 289 g/mol. The van der Waals surface area contributed by atoms with Gasteiger partial charge in [0.25, 0.3) is 5.91 Å². The van der Waals surface area contributed by atoms with Gasteiger partial charge in [0.15, 0.2) is 0 Å². The summed E-state index contributed by atoms with van der Waals surface area (Å²) in [5.41, 5.74) is 0.393. The van der Waals surface area contributed by atoms with E-state index in [4.69, 9.17) is 0 Å². The third-order valence-electron chi connectivity index (χ3n) is 3.26. The minimum atomic E-state index is -0.966. The highest BCUT2D eigenvalue weighted by Crippen LogP contribution is 2.22. The number of hydrogen-bond donors (Lipinski definition) is 1. The lowest BCUT2D eigenvalue weighted by Crippen LogP contribution is -2.59. The number of aliphatic imine (C=N–C) groups is 1. The van der Waals surface area contributed by atoms with Gasteiger partial charge in [-0.05, 0) is 18.9 Å². The van der Waals surface area contributed by atoms with E-state index in [9.17, 15) is 19.2 Å². The molecule has 110 valence electrons. The number of rotatable bonds is 2. The quantitative estimate of drug-likeness (QED) is 0.728. The Morgan fingerprint density at radius 1 is 1.33 bits per heavy atom. The van der Waals surface area contributed by atoms with E-state index < -0.39 is 29.7 Å². The summed E-state index contributed by atoms with van der Waals surface area (Å²) in [6.07, 6.45) is 3.22. The van der Waals surface area contributed by atoms with Crippen LogP contribution in [-0.2, 0) is 19.2 Å². The summed E-state index contributed by atoms with van der Waals surface area (Å²) in [6, 6.07) is -0.966. The summed E-state index contributed by atoms with van der Waals surface area (Å²) >= 11 is 0. The van der Waals surface area contributed by atoms with Crippen LogP contribution in [0.3, 0.4) is 0 Å². The standard InChI is InChI=1S/C14H15N3O4/c1-3-6-15-12-8(2)7-11(19)17(14(12)21)9-4-5-10(18)16-13(9)20/h3,6,9H,2,4-5,7H2,1H3,(H,16,18,20)/b6-3-,15-12?. The van der Waals surface area contributed by atoms with Crippen molar-refractivity contribution in [3.05, 3.63) is 24.4 Å². The maximum Gasteiger partial charge on any atom is 0.280 e. The van der Waals surface area contributed by atoms with Gasteiger partial charge >= 0.3 is 0 Å². The molecule has 4 amide bonds. The first-order valence-corrected chi connectivity index (χ1v) is 6.53. The van der Waals surface area contributed by atoms with Crippen LogP contribution < -0.4 is 5.32 Å². The van der Waals surface area contributed by atoms with Crippen molar-refractivity contribution in [1.82, 2.24) is 10.2 Å². The van der Waals surface area contributed by atoms with E-state index in [1.165, 1.54) is 6.20 Å². The molecule has 0 aromatic rings. The van der Waals surface area contributed by atoms with Crippen LogP contribution in [-0.4, -0.2) is 40.3 Å². The van der Waals surface area contributed by atoms with Crippen LogP contribution in [0.2, 0.25) is 0 Å². The predicted molar refractivity (Wildman–Crippen MR) is 74.0 cm³/mol. The zero-order valence-corrected chi connectivity index (χ0v) is 11.6. The summed E-state index contributed by atoms with van der Waals surface area (Å²) in [5.74, 6) is -2.19. The molecule has 2 rings (SSSR count). The molecule has 7 heteroatoms. The topological polar surface area (TPSA) is 95.9 Å². The lowest BCUT2D eigenvalue weighted by molar-refractivity contribution is -0.152. The Bertz CT molecular complexity index is 603. The van der Waals surface area contributed by atoms with E-state index in [2.05, 4.69) is 16.9 Å². The van der Waals surface area contributed by atoms with Gasteiger partial charge in [-0.3, -0.25) is 34.4 Å². The number of amides is 4. The molecule has 2 fully saturated rings. The number of allylic oxidation sites excluding steroid dienone is 1. The van der Waals surface area contributed by atoms with Gasteiger partial charge in [0.2, 0.25) is 17.7 Å². The monoisotopic (exact) mass is 289 g/mol. The number of imide groups is 2. The van der Waals surface area contributed by atoms with Gasteiger partial charge in [0.05, 0.1) is 6.42 Å². The second kappa shape index (κ2) is 5.82. The Morgan fingerprint density at radius 3 is 2.67 bits per heavy atom. The smallest absolute Gasteiger partial charge is 0.280 e. The minimum Gasteiger partial charge on any atom is -0.295 e. The molecule has 0 radical (unpaired) electrons. The molecule has 2 saturated heterocycles. The van der Waals surface area contributed by atoms with Crippen LogP contribution >= 0.6 is 0 Å². The Morgan fingerprint density at radius 2 is 2.05 bits per heavy atom. The van der Waals surface area contributed by atoms with E-state index in [1.807, 2.05) is 0 Å². The minimum absolute atomic E-state index is 0.0670. The van der Waals surface area contributed by atoms with Crippen molar-refractivity contribution in [2.24, 2.45) is 4.99 Å². The fourth-order valence-corrected chi connectivity index (χ4v) is 2.27. The molecule has 2 aliphatic heterocycles. The van der Waals surface area contributed by atoms with Crippen molar-refractivity contribution in [1.29, 1.82) is 0 Å². The van der Waals surface area contributed by atoms with Crippen LogP contribution in [0.1, 0.15) is 26.2 Å². The number of carbonyl (C=O) groups is 4. The summed E-state index contributed by atoms with van der Waals surface area (Å²) in [5, 5.41) is 2.14.